The van der Waals surface area contributed by atoms with Gasteiger partial charge in [0.15, 0.2) is 0 Å². The Kier molecular flexibility index (Phi) is 3.76. The molecule has 0 atom stereocenters. The molecule has 0 aromatic carbocycles. The van der Waals surface area contributed by atoms with E-state index in [0.29, 0.717) is 16.5 Å². The monoisotopic (exact) mass is 211 g/mol. The summed E-state index contributed by atoms with van der Waals surface area (Å²) in [7, 11) is 1.61. The van der Waals surface area contributed by atoms with Crippen LogP contribution in [-0.2, 0) is 4.79 Å². The number of aryl methyl sites for hydroxylation is 1. The number of amides is 1. The average Bonchev–Trinajstić information content (AvgIpc) is 2.20. The highest BCUT2D eigenvalue weighted by Crippen LogP contribution is 2.24. The van der Waals surface area contributed by atoms with Crippen LogP contribution in [0.5, 0.6) is 0 Å². The summed E-state index contributed by atoms with van der Waals surface area (Å²) in [6.45, 7) is 1.92. The molecule has 4 nitrogen and oxygen atoms in total. The summed E-state index contributed by atoms with van der Waals surface area (Å²) in [6.07, 6.45) is 1.69. The number of carbonyl (C=O) groups excluding carboxylic acids is 1. The molecule has 0 spiro atoms. The summed E-state index contributed by atoms with van der Waals surface area (Å²) in [5, 5.41) is 3.26. The van der Waals surface area contributed by atoms with Gasteiger partial charge in [0.2, 0.25) is 5.91 Å². The summed E-state index contributed by atoms with van der Waals surface area (Å²) < 4.78 is 0. The van der Waals surface area contributed by atoms with Gasteiger partial charge >= 0.3 is 0 Å². The molecule has 0 saturated carbocycles. The van der Waals surface area contributed by atoms with Crippen molar-refractivity contribution in [1.82, 2.24) is 10.3 Å². The molecular weight excluding hydrogens is 198 g/mol. The highest BCUT2D eigenvalue weighted by atomic mass is 32.2. The Bertz CT molecular complexity index is 341. The molecule has 0 bridgehead atoms. The van der Waals surface area contributed by atoms with Crippen LogP contribution in [0.2, 0.25) is 0 Å². The zero-order chi connectivity index (χ0) is 10.6. The van der Waals surface area contributed by atoms with E-state index >= 15 is 0 Å². The molecule has 0 saturated heterocycles. The number of nitrogens with one attached hydrogen (secondary N) is 1. The van der Waals surface area contributed by atoms with Crippen LogP contribution in [0.1, 0.15) is 5.56 Å². The number of anilines is 1. The lowest BCUT2D eigenvalue weighted by Gasteiger charge is -2.05. The second-order valence-electron chi connectivity index (χ2n) is 2.81. The lowest BCUT2D eigenvalue weighted by atomic mass is 10.3. The molecule has 1 rings (SSSR count). The molecule has 0 aliphatic rings. The topological polar surface area (TPSA) is 68.0 Å². The number of nitrogens with zero attached hydrogens (tertiary/aromatic N) is 1. The number of rotatable bonds is 3. The van der Waals surface area contributed by atoms with Crippen molar-refractivity contribution in [3.8, 4) is 0 Å². The third kappa shape index (κ3) is 2.63. The van der Waals surface area contributed by atoms with Crippen LogP contribution in [0.15, 0.2) is 17.3 Å². The van der Waals surface area contributed by atoms with E-state index in [1.165, 1.54) is 11.8 Å². The van der Waals surface area contributed by atoms with Crippen molar-refractivity contribution in [3.63, 3.8) is 0 Å². The van der Waals surface area contributed by atoms with Crippen LogP contribution in [0.3, 0.4) is 0 Å². The first kappa shape index (κ1) is 10.8. The Morgan fingerprint density at radius 3 is 3.07 bits per heavy atom. The normalized spacial score (nSPS) is 9.86. The number of nitrogen functional groups attached to an aromatic ring is 1. The second-order valence-corrected chi connectivity index (χ2v) is 3.77. The van der Waals surface area contributed by atoms with Gasteiger partial charge in [-0.05, 0) is 18.6 Å². The molecule has 0 fully saturated rings. The van der Waals surface area contributed by atoms with Gasteiger partial charge in [-0.2, -0.15) is 0 Å². The first-order valence-corrected chi connectivity index (χ1v) is 5.18. The number of nitrogens with two attached hydrogens (primary N) is 1. The molecule has 1 heterocycles. The molecule has 0 aliphatic carbocycles. The number of aromatic nitrogens is 1. The number of hydrogen-bond acceptors (Lipinski definition) is 4. The van der Waals surface area contributed by atoms with Gasteiger partial charge in [0.05, 0.1) is 11.4 Å². The third-order valence-corrected chi connectivity index (χ3v) is 2.80. The molecule has 1 aromatic heterocycles. The van der Waals surface area contributed by atoms with E-state index in [9.17, 15) is 4.79 Å². The van der Waals surface area contributed by atoms with E-state index < -0.39 is 0 Å². The lowest BCUT2D eigenvalue weighted by Crippen LogP contribution is -2.19. The highest BCUT2D eigenvalue weighted by Gasteiger charge is 2.06. The fourth-order valence-corrected chi connectivity index (χ4v) is 1.73. The van der Waals surface area contributed by atoms with E-state index in [4.69, 9.17) is 5.73 Å². The van der Waals surface area contributed by atoms with Crippen molar-refractivity contribution in [2.24, 2.45) is 0 Å². The van der Waals surface area contributed by atoms with Gasteiger partial charge in [-0.15, -0.1) is 0 Å². The maximum absolute atomic E-state index is 11.0. The van der Waals surface area contributed by atoms with E-state index in [1.54, 1.807) is 13.2 Å². The Hall–Kier alpha value is -1.23. The third-order valence-electron chi connectivity index (χ3n) is 1.79. The van der Waals surface area contributed by atoms with Crippen molar-refractivity contribution in [3.05, 3.63) is 17.8 Å². The summed E-state index contributed by atoms with van der Waals surface area (Å²) in [4.78, 5) is 15.1. The van der Waals surface area contributed by atoms with Gasteiger partial charge in [0.25, 0.3) is 0 Å². The number of hydrogen-bond donors (Lipinski definition) is 2. The Labute approximate surface area is 87.3 Å². The lowest BCUT2D eigenvalue weighted by molar-refractivity contribution is -0.118. The second kappa shape index (κ2) is 4.85. The maximum Gasteiger partial charge on any atom is 0.230 e. The van der Waals surface area contributed by atoms with Crippen molar-refractivity contribution in [1.29, 1.82) is 0 Å². The minimum Gasteiger partial charge on any atom is -0.396 e. The fourth-order valence-electron chi connectivity index (χ4n) is 0.866. The quantitative estimate of drug-likeness (QED) is 0.726. The molecule has 1 aromatic rings. The van der Waals surface area contributed by atoms with Crippen molar-refractivity contribution < 1.29 is 4.79 Å². The van der Waals surface area contributed by atoms with E-state index in [0.717, 1.165) is 5.56 Å². The molecule has 0 unspecified atom stereocenters. The first-order chi connectivity index (χ1) is 6.65. The van der Waals surface area contributed by atoms with E-state index in [-0.39, 0.29) is 5.91 Å². The van der Waals surface area contributed by atoms with Gasteiger partial charge < -0.3 is 11.1 Å². The van der Waals surface area contributed by atoms with Gasteiger partial charge in [0.1, 0.15) is 5.03 Å². The molecule has 3 N–H and O–H groups in total. The van der Waals surface area contributed by atoms with Crippen LogP contribution >= 0.6 is 11.8 Å². The molecular formula is C9H13N3OS. The van der Waals surface area contributed by atoms with Gasteiger partial charge in [0, 0.05) is 13.2 Å². The van der Waals surface area contributed by atoms with Crippen LogP contribution in [0, 0.1) is 6.92 Å². The number of carbonyl (C=O) groups is 1. The van der Waals surface area contributed by atoms with Crippen LogP contribution < -0.4 is 11.1 Å². The standard InChI is InChI=1S/C9H13N3OS/c1-6-3-4-12-9(8(6)10)14-5-7(13)11-2/h3-4H,5,10H2,1-2H3,(H,11,13). The number of pyridine rings is 1. The predicted octanol–water partition coefficient (Wildman–Crippen LogP) is 0.810. The summed E-state index contributed by atoms with van der Waals surface area (Å²) in [5.41, 5.74) is 7.43. The van der Waals surface area contributed by atoms with Crippen molar-refractivity contribution >= 4 is 23.4 Å². The van der Waals surface area contributed by atoms with Gasteiger partial charge in [-0.1, -0.05) is 11.8 Å². The zero-order valence-electron chi connectivity index (χ0n) is 8.20. The first-order valence-electron chi connectivity index (χ1n) is 4.19. The molecule has 76 valence electrons. The predicted molar refractivity (Wildman–Crippen MR) is 58.2 cm³/mol. The highest BCUT2D eigenvalue weighted by molar-refractivity contribution is 8.00. The Morgan fingerprint density at radius 2 is 2.43 bits per heavy atom. The van der Waals surface area contributed by atoms with Crippen LogP contribution in [-0.4, -0.2) is 23.7 Å². The van der Waals surface area contributed by atoms with Gasteiger partial charge in [-0.3, -0.25) is 4.79 Å². The Morgan fingerprint density at radius 1 is 1.71 bits per heavy atom. The molecule has 0 radical (unpaired) electrons. The van der Waals surface area contributed by atoms with Crippen LogP contribution in [0.25, 0.3) is 0 Å². The average molecular weight is 211 g/mol. The van der Waals surface area contributed by atoms with Gasteiger partial charge in [-0.25, -0.2) is 4.98 Å². The van der Waals surface area contributed by atoms with E-state index in [1.807, 2.05) is 13.0 Å². The SMILES string of the molecule is CNC(=O)CSc1nccc(C)c1N. The minimum absolute atomic E-state index is 0.0299. The minimum atomic E-state index is -0.0299. The zero-order valence-corrected chi connectivity index (χ0v) is 9.02. The largest absolute Gasteiger partial charge is 0.396 e. The summed E-state index contributed by atoms with van der Waals surface area (Å²) >= 11 is 1.35. The molecule has 14 heavy (non-hydrogen) atoms. The van der Waals surface area contributed by atoms with Crippen molar-refractivity contribution in [2.45, 2.75) is 11.9 Å². The Balaban J connectivity index is 2.68. The van der Waals surface area contributed by atoms with Crippen LogP contribution in [0.4, 0.5) is 5.69 Å². The fraction of sp³-hybridized carbons (Fsp3) is 0.333. The summed E-state index contributed by atoms with van der Waals surface area (Å²) in [6, 6.07) is 1.85. The van der Waals surface area contributed by atoms with Crippen molar-refractivity contribution in [2.75, 3.05) is 18.5 Å². The number of thioether (sulfide) groups is 1. The molecule has 1 amide bonds. The smallest absolute Gasteiger partial charge is 0.230 e. The maximum atomic E-state index is 11.0. The van der Waals surface area contributed by atoms with E-state index in [2.05, 4.69) is 10.3 Å². The molecule has 5 heteroatoms. The molecule has 0 aliphatic heterocycles. The summed E-state index contributed by atoms with van der Waals surface area (Å²) in [5.74, 6) is 0.314.